The highest BCUT2D eigenvalue weighted by Gasteiger charge is 2.17. The minimum atomic E-state index is -0.0252. The van der Waals surface area contributed by atoms with Crippen molar-refractivity contribution in [3.63, 3.8) is 0 Å². The molecular weight excluding hydrogens is 342 g/mol. The van der Waals surface area contributed by atoms with E-state index in [2.05, 4.69) is 22.1 Å². The van der Waals surface area contributed by atoms with Crippen LogP contribution in [0.25, 0.3) is 10.4 Å². The molecule has 0 saturated carbocycles. The summed E-state index contributed by atoms with van der Waals surface area (Å²) in [6.45, 7) is 6.47. The van der Waals surface area contributed by atoms with Gasteiger partial charge in [-0.25, -0.2) is 0 Å². The Morgan fingerprint density at radius 1 is 1.46 bits per heavy atom. The van der Waals surface area contributed by atoms with Gasteiger partial charge in [-0.15, -0.1) is 11.3 Å². The first-order chi connectivity index (χ1) is 11.6. The zero-order valence-corrected chi connectivity index (χ0v) is 15.6. The fraction of sp³-hybridized carbons (Fsp3) is 0.500. The van der Waals surface area contributed by atoms with Crippen molar-refractivity contribution < 1.29 is 4.79 Å². The van der Waals surface area contributed by atoms with Crippen LogP contribution in [0.5, 0.6) is 0 Å². The SMILES string of the molecule is CC1CCCN(CCCNC(=O)c2c[nH]cc2-c2ccc(Cl)s2)C1. The first kappa shape index (κ1) is 17.5. The third kappa shape index (κ3) is 4.41. The maximum absolute atomic E-state index is 12.4. The second kappa shape index (κ2) is 8.19. The fourth-order valence-electron chi connectivity index (χ4n) is 3.30. The number of aromatic nitrogens is 1. The van der Waals surface area contributed by atoms with Gasteiger partial charge in [-0.1, -0.05) is 18.5 Å². The first-order valence-corrected chi connectivity index (χ1v) is 9.76. The van der Waals surface area contributed by atoms with Gasteiger partial charge in [-0.05, 0) is 50.4 Å². The van der Waals surface area contributed by atoms with E-state index in [0.717, 1.165) is 33.7 Å². The van der Waals surface area contributed by atoms with Crippen LogP contribution in [0.1, 0.15) is 36.5 Å². The molecule has 1 aliphatic heterocycles. The molecule has 0 spiro atoms. The van der Waals surface area contributed by atoms with Crippen molar-refractivity contribution in [3.8, 4) is 10.4 Å². The van der Waals surface area contributed by atoms with Gasteiger partial charge in [-0.2, -0.15) is 0 Å². The summed E-state index contributed by atoms with van der Waals surface area (Å²) in [7, 11) is 0. The lowest BCUT2D eigenvalue weighted by Gasteiger charge is -2.30. The molecule has 2 aromatic rings. The average Bonchev–Trinajstić information content (AvgIpc) is 3.20. The number of carbonyl (C=O) groups excluding carboxylic acids is 1. The summed E-state index contributed by atoms with van der Waals surface area (Å²) in [4.78, 5) is 19.0. The Hall–Kier alpha value is -1.30. The molecule has 1 amide bonds. The Morgan fingerprint density at radius 3 is 3.08 bits per heavy atom. The molecule has 1 unspecified atom stereocenters. The van der Waals surface area contributed by atoms with E-state index in [0.29, 0.717) is 12.1 Å². The predicted octanol–water partition coefficient (Wildman–Crippen LogP) is 4.25. The van der Waals surface area contributed by atoms with E-state index < -0.39 is 0 Å². The van der Waals surface area contributed by atoms with Gasteiger partial charge in [0, 0.05) is 35.9 Å². The van der Waals surface area contributed by atoms with Gasteiger partial charge in [-0.3, -0.25) is 4.79 Å². The smallest absolute Gasteiger partial charge is 0.253 e. The Balaban J connectivity index is 1.48. The molecule has 2 N–H and O–H groups in total. The summed E-state index contributed by atoms with van der Waals surface area (Å²) in [6, 6.07) is 3.81. The Labute approximate surface area is 152 Å². The molecule has 0 aliphatic carbocycles. The predicted molar refractivity (Wildman–Crippen MR) is 101 cm³/mol. The number of carbonyl (C=O) groups is 1. The van der Waals surface area contributed by atoms with E-state index in [-0.39, 0.29) is 5.91 Å². The minimum absolute atomic E-state index is 0.0252. The maximum atomic E-state index is 12.4. The van der Waals surface area contributed by atoms with Gasteiger partial charge < -0.3 is 15.2 Å². The molecule has 1 aliphatic rings. The Bertz CT molecular complexity index is 681. The van der Waals surface area contributed by atoms with Crippen LogP contribution < -0.4 is 5.32 Å². The third-order valence-corrected chi connectivity index (χ3v) is 5.77. The number of H-pyrrole nitrogens is 1. The molecule has 0 radical (unpaired) electrons. The van der Waals surface area contributed by atoms with Gasteiger partial charge in [0.25, 0.3) is 5.91 Å². The molecular formula is C18H24ClN3OS. The highest BCUT2D eigenvalue weighted by Crippen LogP contribution is 2.33. The molecule has 1 saturated heterocycles. The van der Waals surface area contributed by atoms with Gasteiger partial charge in [0.2, 0.25) is 0 Å². The van der Waals surface area contributed by atoms with E-state index in [9.17, 15) is 4.79 Å². The molecule has 1 atom stereocenters. The van der Waals surface area contributed by atoms with Crippen molar-refractivity contribution in [3.05, 3.63) is 34.4 Å². The molecule has 4 nitrogen and oxygen atoms in total. The summed E-state index contributed by atoms with van der Waals surface area (Å²) in [5.41, 5.74) is 1.59. The van der Waals surface area contributed by atoms with Crippen LogP contribution in [0.3, 0.4) is 0 Å². The van der Waals surface area contributed by atoms with Crippen LogP contribution in [-0.4, -0.2) is 42.0 Å². The third-order valence-electron chi connectivity index (χ3n) is 4.51. The van der Waals surface area contributed by atoms with Gasteiger partial charge in [0.15, 0.2) is 0 Å². The average molecular weight is 366 g/mol. The summed E-state index contributed by atoms with van der Waals surface area (Å²) < 4.78 is 0.730. The second-order valence-electron chi connectivity index (χ2n) is 6.54. The second-order valence-corrected chi connectivity index (χ2v) is 8.26. The molecule has 3 rings (SSSR count). The number of thiophene rings is 1. The lowest BCUT2D eigenvalue weighted by atomic mass is 10.0. The van der Waals surface area contributed by atoms with Crippen molar-refractivity contribution in [2.45, 2.75) is 26.2 Å². The van der Waals surface area contributed by atoms with Crippen LogP contribution in [0, 0.1) is 5.92 Å². The number of nitrogens with zero attached hydrogens (tertiary/aromatic N) is 1. The number of amides is 1. The van der Waals surface area contributed by atoms with Crippen molar-refractivity contribution in [2.75, 3.05) is 26.2 Å². The zero-order valence-electron chi connectivity index (χ0n) is 14.0. The summed E-state index contributed by atoms with van der Waals surface area (Å²) in [5.74, 6) is 0.774. The number of likely N-dealkylation sites (tertiary alicyclic amines) is 1. The van der Waals surface area contributed by atoms with Crippen LogP contribution in [-0.2, 0) is 0 Å². The van der Waals surface area contributed by atoms with Crippen LogP contribution in [0.15, 0.2) is 24.5 Å². The van der Waals surface area contributed by atoms with Crippen LogP contribution >= 0.6 is 22.9 Å². The lowest BCUT2D eigenvalue weighted by Crippen LogP contribution is -2.36. The van der Waals surface area contributed by atoms with Crippen molar-refractivity contribution in [1.82, 2.24) is 15.2 Å². The maximum Gasteiger partial charge on any atom is 0.253 e. The molecule has 1 fully saturated rings. The standard InChI is InChI=1S/C18H24ClN3OS/c1-13-4-2-8-22(12-13)9-3-7-21-18(23)15-11-20-10-14(15)16-5-6-17(19)24-16/h5-6,10-11,13,20H,2-4,7-9,12H2,1H3,(H,21,23). The van der Waals surface area contributed by atoms with Crippen LogP contribution in [0.2, 0.25) is 4.34 Å². The normalized spacial score (nSPS) is 18.7. The highest BCUT2D eigenvalue weighted by atomic mass is 35.5. The summed E-state index contributed by atoms with van der Waals surface area (Å²) in [5, 5.41) is 3.04. The number of halogens is 1. The number of rotatable bonds is 6. The van der Waals surface area contributed by atoms with Crippen molar-refractivity contribution in [1.29, 1.82) is 0 Å². The van der Waals surface area contributed by atoms with Crippen molar-refractivity contribution in [2.24, 2.45) is 5.92 Å². The number of nitrogens with one attached hydrogen (secondary N) is 2. The van der Waals surface area contributed by atoms with Gasteiger partial charge in [0.1, 0.15) is 0 Å². The van der Waals surface area contributed by atoms with E-state index in [4.69, 9.17) is 11.6 Å². The Kier molecular flexibility index (Phi) is 5.98. The first-order valence-electron chi connectivity index (χ1n) is 8.56. The van der Waals surface area contributed by atoms with Gasteiger partial charge in [0.05, 0.1) is 9.90 Å². The topological polar surface area (TPSA) is 48.1 Å². The Morgan fingerprint density at radius 2 is 2.33 bits per heavy atom. The van der Waals surface area contributed by atoms with Gasteiger partial charge >= 0.3 is 0 Å². The molecule has 6 heteroatoms. The van der Waals surface area contributed by atoms with Crippen LogP contribution in [0.4, 0.5) is 0 Å². The molecule has 24 heavy (non-hydrogen) atoms. The highest BCUT2D eigenvalue weighted by molar-refractivity contribution is 7.19. The lowest BCUT2D eigenvalue weighted by molar-refractivity contribution is 0.0951. The van der Waals surface area contributed by atoms with E-state index >= 15 is 0 Å². The quantitative estimate of drug-likeness (QED) is 0.752. The largest absolute Gasteiger partial charge is 0.366 e. The zero-order chi connectivity index (χ0) is 16.9. The molecule has 3 heterocycles. The summed E-state index contributed by atoms with van der Waals surface area (Å²) >= 11 is 7.48. The van der Waals surface area contributed by atoms with E-state index in [1.54, 1.807) is 6.20 Å². The molecule has 2 aromatic heterocycles. The number of hydrogen-bond donors (Lipinski definition) is 2. The number of piperidine rings is 1. The van der Waals surface area contributed by atoms with Crippen molar-refractivity contribution >= 4 is 28.8 Å². The van der Waals surface area contributed by atoms with E-state index in [1.165, 1.54) is 37.3 Å². The number of aromatic amines is 1. The minimum Gasteiger partial charge on any atom is -0.366 e. The fourth-order valence-corrected chi connectivity index (χ4v) is 4.38. The molecule has 130 valence electrons. The monoisotopic (exact) mass is 365 g/mol. The summed E-state index contributed by atoms with van der Waals surface area (Å²) in [6.07, 6.45) is 7.24. The van der Waals surface area contributed by atoms with E-state index in [1.807, 2.05) is 18.3 Å². The molecule has 0 aromatic carbocycles. The molecule has 0 bridgehead atoms. The number of hydrogen-bond acceptors (Lipinski definition) is 3.